The van der Waals surface area contributed by atoms with Crippen LogP contribution in [-0.4, -0.2) is 11.3 Å². The number of hydrogen-bond acceptors (Lipinski definition) is 2. The fourth-order valence-electron chi connectivity index (χ4n) is 1.15. The molecule has 17 heavy (non-hydrogen) atoms. The van der Waals surface area contributed by atoms with Crippen molar-refractivity contribution in [3.63, 3.8) is 0 Å². The monoisotopic (exact) mass is 346 g/mol. The molecular formula is C10H7BrClF3OS. The molecule has 0 spiro atoms. The summed E-state index contributed by atoms with van der Waals surface area (Å²) in [6.07, 6.45) is 0. The largest absolute Gasteiger partial charge is 0.446 e. The lowest BCUT2D eigenvalue weighted by Crippen LogP contribution is -2.06. The molecule has 7 heteroatoms. The van der Waals surface area contributed by atoms with Gasteiger partial charge in [-0.2, -0.15) is 13.2 Å². The molecule has 1 unspecified atom stereocenters. The maximum Gasteiger partial charge on any atom is 0.446 e. The van der Waals surface area contributed by atoms with Crippen molar-refractivity contribution >= 4 is 45.1 Å². The number of alkyl halides is 4. The Morgan fingerprint density at radius 2 is 2.06 bits per heavy atom. The first-order valence-corrected chi connectivity index (χ1v) is 6.45. The molecule has 0 aliphatic heterocycles. The van der Waals surface area contributed by atoms with Gasteiger partial charge in [-0.3, -0.25) is 4.79 Å². The van der Waals surface area contributed by atoms with Crippen LogP contribution in [0, 0.1) is 0 Å². The van der Waals surface area contributed by atoms with Crippen LogP contribution in [0.1, 0.15) is 17.9 Å². The molecule has 1 aromatic rings. The number of hydrogen-bond donors (Lipinski definition) is 0. The van der Waals surface area contributed by atoms with Gasteiger partial charge in [0.1, 0.15) is 5.38 Å². The molecule has 1 atom stereocenters. The molecule has 0 heterocycles. The van der Waals surface area contributed by atoms with E-state index >= 15 is 0 Å². The molecule has 0 aliphatic carbocycles. The highest BCUT2D eigenvalue weighted by Gasteiger charge is 2.31. The van der Waals surface area contributed by atoms with E-state index in [2.05, 4.69) is 15.9 Å². The maximum atomic E-state index is 12.3. The highest BCUT2D eigenvalue weighted by molar-refractivity contribution is 9.10. The lowest BCUT2D eigenvalue weighted by atomic mass is 10.1. The van der Waals surface area contributed by atoms with Crippen molar-refractivity contribution in [1.29, 1.82) is 0 Å². The Hall–Kier alpha value is -0.200. The Bertz CT molecular complexity index is 436. The van der Waals surface area contributed by atoms with Crippen molar-refractivity contribution < 1.29 is 18.0 Å². The van der Waals surface area contributed by atoms with Gasteiger partial charge in [-0.15, -0.1) is 11.6 Å². The van der Waals surface area contributed by atoms with Crippen molar-refractivity contribution in [3.8, 4) is 0 Å². The predicted molar refractivity (Wildman–Crippen MR) is 65.3 cm³/mol. The number of benzene rings is 1. The van der Waals surface area contributed by atoms with E-state index in [1.54, 1.807) is 0 Å². The van der Waals surface area contributed by atoms with Gasteiger partial charge in [-0.25, -0.2) is 0 Å². The number of rotatable bonds is 3. The normalized spacial score (nSPS) is 13.5. The zero-order valence-electron chi connectivity index (χ0n) is 8.52. The minimum absolute atomic E-state index is 0.0594. The summed E-state index contributed by atoms with van der Waals surface area (Å²) >= 11 is 8.65. The fraction of sp³-hybridized carbons (Fsp3) is 0.300. The van der Waals surface area contributed by atoms with Crippen LogP contribution in [-0.2, 0) is 4.79 Å². The van der Waals surface area contributed by atoms with Crippen LogP contribution >= 0.6 is 39.3 Å². The van der Waals surface area contributed by atoms with E-state index in [4.69, 9.17) is 11.6 Å². The molecule has 0 fully saturated rings. The summed E-state index contributed by atoms with van der Waals surface area (Å²) in [6, 6.07) is 4.18. The summed E-state index contributed by atoms with van der Waals surface area (Å²) in [5.41, 5.74) is -4.24. The molecule has 0 amide bonds. The lowest BCUT2D eigenvalue weighted by molar-refractivity contribution is -0.116. The minimum atomic E-state index is -4.41. The van der Waals surface area contributed by atoms with Crippen LogP contribution in [0.5, 0.6) is 0 Å². The molecule has 0 saturated heterocycles. The molecule has 94 valence electrons. The molecule has 1 rings (SSSR count). The third-order valence-corrected chi connectivity index (χ3v) is 3.69. The van der Waals surface area contributed by atoms with E-state index < -0.39 is 16.7 Å². The van der Waals surface area contributed by atoms with Crippen LogP contribution in [0.2, 0.25) is 0 Å². The molecule has 0 bridgehead atoms. The number of halogens is 5. The average Bonchev–Trinajstić information content (AvgIpc) is 2.17. The van der Waals surface area contributed by atoms with Gasteiger partial charge in [-0.05, 0) is 42.4 Å². The number of carbonyl (C=O) groups is 1. The van der Waals surface area contributed by atoms with Crippen LogP contribution in [0.3, 0.4) is 0 Å². The van der Waals surface area contributed by atoms with Crippen LogP contribution in [0.15, 0.2) is 27.6 Å². The molecule has 1 nitrogen and oxygen atoms in total. The van der Waals surface area contributed by atoms with Crippen molar-refractivity contribution in [2.45, 2.75) is 22.7 Å². The van der Waals surface area contributed by atoms with Crippen molar-refractivity contribution in [3.05, 3.63) is 28.2 Å². The van der Waals surface area contributed by atoms with Crippen LogP contribution < -0.4 is 0 Å². The van der Waals surface area contributed by atoms with Gasteiger partial charge in [0.05, 0.1) is 0 Å². The van der Waals surface area contributed by atoms with Gasteiger partial charge in [0, 0.05) is 9.37 Å². The third-order valence-electron chi connectivity index (χ3n) is 1.83. The summed E-state index contributed by atoms with van der Waals surface area (Å²) in [5, 5.41) is -1.07. The van der Waals surface area contributed by atoms with Gasteiger partial charge in [0.25, 0.3) is 0 Å². The highest BCUT2D eigenvalue weighted by atomic mass is 79.9. The van der Waals surface area contributed by atoms with E-state index in [0.717, 1.165) is 0 Å². The fourth-order valence-corrected chi connectivity index (χ4v) is 2.46. The first kappa shape index (κ1) is 14.9. The van der Waals surface area contributed by atoms with E-state index in [1.165, 1.54) is 25.1 Å². The van der Waals surface area contributed by atoms with Crippen LogP contribution in [0.25, 0.3) is 0 Å². The number of carbonyl (C=O) groups excluding carboxylic acids is 1. The van der Waals surface area contributed by atoms with E-state index in [0.29, 0.717) is 4.47 Å². The standard InChI is InChI=1S/C10H7BrClF3OS/c1-5(16)9(12)7-4-6(11)2-3-8(7)17-10(13,14)15/h2-4,9H,1H3. The van der Waals surface area contributed by atoms with Crippen molar-refractivity contribution in [1.82, 2.24) is 0 Å². The number of Topliss-reactive ketones (excluding diaryl/α,β-unsaturated/α-hetero) is 1. The van der Waals surface area contributed by atoms with Crippen molar-refractivity contribution in [2.24, 2.45) is 0 Å². The van der Waals surface area contributed by atoms with E-state index in [9.17, 15) is 18.0 Å². The molecule has 0 radical (unpaired) electrons. The molecular weight excluding hydrogens is 341 g/mol. The molecule has 0 aromatic heterocycles. The number of ketones is 1. The molecule has 0 saturated carbocycles. The van der Waals surface area contributed by atoms with Gasteiger partial charge < -0.3 is 0 Å². The zero-order valence-corrected chi connectivity index (χ0v) is 11.7. The Kier molecular flexibility index (Phi) is 4.92. The predicted octanol–water partition coefficient (Wildman–Crippen LogP) is 4.93. The van der Waals surface area contributed by atoms with E-state index in [1.807, 2.05) is 0 Å². The average molecular weight is 348 g/mol. The number of thioether (sulfide) groups is 1. The summed E-state index contributed by atoms with van der Waals surface area (Å²) in [5.74, 6) is -0.395. The van der Waals surface area contributed by atoms with E-state index in [-0.39, 0.29) is 22.2 Å². The van der Waals surface area contributed by atoms with Gasteiger partial charge >= 0.3 is 5.51 Å². The van der Waals surface area contributed by atoms with Crippen molar-refractivity contribution in [2.75, 3.05) is 0 Å². The molecule has 1 aromatic carbocycles. The Morgan fingerprint density at radius 3 is 2.53 bits per heavy atom. The lowest BCUT2D eigenvalue weighted by Gasteiger charge is -2.14. The maximum absolute atomic E-state index is 12.3. The Balaban J connectivity index is 3.17. The summed E-state index contributed by atoms with van der Waals surface area (Å²) in [6.45, 7) is 1.24. The summed E-state index contributed by atoms with van der Waals surface area (Å²) in [4.78, 5) is 11.1. The second-order valence-corrected chi connectivity index (χ2v) is 5.66. The summed E-state index contributed by atoms with van der Waals surface area (Å²) < 4.78 is 37.5. The zero-order chi connectivity index (χ0) is 13.2. The van der Waals surface area contributed by atoms with Gasteiger partial charge in [-0.1, -0.05) is 15.9 Å². The Morgan fingerprint density at radius 1 is 1.47 bits per heavy atom. The van der Waals surface area contributed by atoms with Crippen LogP contribution in [0.4, 0.5) is 13.2 Å². The topological polar surface area (TPSA) is 17.1 Å². The molecule has 0 aliphatic rings. The second-order valence-electron chi connectivity index (χ2n) is 3.20. The second kappa shape index (κ2) is 5.63. The quantitative estimate of drug-likeness (QED) is 0.569. The minimum Gasteiger partial charge on any atom is -0.298 e. The van der Waals surface area contributed by atoms with Gasteiger partial charge in [0.15, 0.2) is 5.78 Å². The summed E-state index contributed by atoms with van der Waals surface area (Å²) in [7, 11) is 0. The Labute approximate surface area is 114 Å². The first-order valence-electron chi connectivity index (χ1n) is 4.40. The molecule has 0 N–H and O–H groups in total. The smallest absolute Gasteiger partial charge is 0.298 e. The third kappa shape index (κ3) is 4.52. The first-order chi connectivity index (χ1) is 7.70. The van der Waals surface area contributed by atoms with Gasteiger partial charge in [0.2, 0.25) is 0 Å². The SMILES string of the molecule is CC(=O)C(Cl)c1cc(Br)ccc1SC(F)(F)F. The highest BCUT2D eigenvalue weighted by Crippen LogP contribution is 2.42.